The van der Waals surface area contributed by atoms with Crippen LogP contribution in [-0.4, -0.2) is 11.8 Å². The standard InChI is InChI=1S/C19H23NS/c1-14-6-8-15(9-7-14)10-16(13-20)11-18-12-17-4-2-3-5-19(17)21-18/h2-9,16,18H,10-13,20H2,1H3. The molecule has 0 amide bonds. The van der Waals surface area contributed by atoms with Crippen LogP contribution >= 0.6 is 11.8 Å². The lowest BCUT2D eigenvalue weighted by Crippen LogP contribution is -2.21. The molecular formula is C19H23NS. The number of fused-ring (bicyclic) bond motifs is 1. The molecule has 0 bridgehead atoms. The molecule has 0 saturated heterocycles. The fourth-order valence-electron chi connectivity index (χ4n) is 3.08. The molecule has 0 saturated carbocycles. The molecule has 1 aliphatic rings. The lowest BCUT2D eigenvalue weighted by atomic mass is 9.92. The number of thioether (sulfide) groups is 1. The molecule has 1 heterocycles. The third kappa shape index (κ3) is 3.69. The summed E-state index contributed by atoms with van der Waals surface area (Å²) in [7, 11) is 0. The Kier molecular flexibility index (Phi) is 4.67. The summed E-state index contributed by atoms with van der Waals surface area (Å²) in [6.45, 7) is 2.91. The first-order valence-electron chi connectivity index (χ1n) is 7.75. The Labute approximate surface area is 132 Å². The maximum absolute atomic E-state index is 6.02. The Hall–Kier alpha value is -1.25. The van der Waals surface area contributed by atoms with Crippen LogP contribution in [0.2, 0.25) is 0 Å². The fraction of sp³-hybridized carbons (Fsp3) is 0.368. The fourth-order valence-corrected chi connectivity index (χ4v) is 4.53. The van der Waals surface area contributed by atoms with Gasteiger partial charge in [-0.1, -0.05) is 48.0 Å². The van der Waals surface area contributed by atoms with Crippen molar-refractivity contribution in [2.24, 2.45) is 11.7 Å². The minimum absolute atomic E-state index is 0.583. The third-order valence-corrected chi connectivity index (χ3v) is 5.63. The van der Waals surface area contributed by atoms with Crippen molar-refractivity contribution in [3.05, 3.63) is 65.2 Å². The Balaban J connectivity index is 1.60. The van der Waals surface area contributed by atoms with E-state index in [0.29, 0.717) is 11.2 Å². The highest BCUT2D eigenvalue weighted by Gasteiger charge is 2.24. The molecule has 1 nitrogen and oxygen atoms in total. The Morgan fingerprint density at radius 2 is 1.90 bits per heavy atom. The van der Waals surface area contributed by atoms with E-state index < -0.39 is 0 Å². The van der Waals surface area contributed by atoms with Crippen molar-refractivity contribution in [2.75, 3.05) is 6.54 Å². The van der Waals surface area contributed by atoms with Gasteiger partial charge < -0.3 is 5.73 Å². The van der Waals surface area contributed by atoms with Crippen molar-refractivity contribution in [3.63, 3.8) is 0 Å². The Bertz CT molecular complexity index is 566. The zero-order valence-electron chi connectivity index (χ0n) is 12.6. The summed E-state index contributed by atoms with van der Waals surface area (Å²) in [5.74, 6) is 0.583. The van der Waals surface area contributed by atoms with Crippen molar-refractivity contribution in [3.8, 4) is 0 Å². The first-order chi connectivity index (χ1) is 10.2. The summed E-state index contributed by atoms with van der Waals surface area (Å²) in [4.78, 5) is 1.47. The Morgan fingerprint density at radius 1 is 1.14 bits per heavy atom. The SMILES string of the molecule is Cc1ccc(CC(CN)CC2Cc3ccccc3S2)cc1. The third-order valence-electron chi connectivity index (χ3n) is 4.29. The molecule has 0 fully saturated rings. The summed E-state index contributed by atoms with van der Waals surface area (Å²) >= 11 is 2.04. The minimum Gasteiger partial charge on any atom is -0.330 e. The molecule has 0 radical (unpaired) electrons. The summed E-state index contributed by atoms with van der Waals surface area (Å²) in [5.41, 5.74) is 10.3. The van der Waals surface area contributed by atoms with Gasteiger partial charge in [-0.3, -0.25) is 0 Å². The molecular weight excluding hydrogens is 274 g/mol. The molecule has 2 atom stereocenters. The molecule has 0 spiro atoms. The summed E-state index contributed by atoms with van der Waals surface area (Å²) in [5, 5.41) is 0.696. The summed E-state index contributed by atoms with van der Waals surface area (Å²) in [6, 6.07) is 17.7. The quantitative estimate of drug-likeness (QED) is 0.894. The van der Waals surface area contributed by atoms with Gasteiger partial charge >= 0.3 is 0 Å². The van der Waals surface area contributed by atoms with Crippen LogP contribution in [0.4, 0.5) is 0 Å². The maximum Gasteiger partial charge on any atom is 0.0138 e. The van der Waals surface area contributed by atoms with Gasteiger partial charge in [0.1, 0.15) is 0 Å². The molecule has 3 rings (SSSR count). The number of hydrogen-bond acceptors (Lipinski definition) is 2. The van der Waals surface area contributed by atoms with Crippen molar-refractivity contribution < 1.29 is 0 Å². The van der Waals surface area contributed by atoms with Crippen molar-refractivity contribution in [2.45, 2.75) is 36.3 Å². The smallest absolute Gasteiger partial charge is 0.0138 e. The van der Waals surface area contributed by atoms with Crippen molar-refractivity contribution in [1.29, 1.82) is 0 Å². The molecule has 21 heavy (non-hydrogen) atoms. The number of hydrogen-bond donors (Lipinski definition) is 1. The molecule has 0 aromatic heterocycles. The predicted molar refractivity (Wildman–Crippen MR) is 91.8 cm³/mol. The van der Waals surface area contributed by atoms with E-state index in [1.54, 1.807) is 0 Å². The van der Waals surface area contributed by atoms with Crippen LogP contribution in [0.15, 0.2) is 53.4 Å². The lowest BCUT2D eigenvalue weighted by Gasteiger charge is -2.18. The highest BCUT2D eigenvalue weighted by molar-refractivity contribution is 8.00. The van der Waals surface area contributed by atoms with Gasteiger partial charge in [0.05, 0.1) is 0 Å². The number of nitrogens with two attached hydrogens (primary N) is 1. The van der Waals surface area contributed by atoms with Crippen LogP contribution in [0.25, 0.3) is 0 Å². The number of rotatable bonds is 5. The first-order valence-corrected chi connectivity index (χ1v) is 8.62. The zero-order valence-corrected chi connectivity index (χ0v) is 13.4. The second-order valence-electron chi connectivity index (χ2n) is 6.08. The molecule has 1 aliphatic heterocycles. The summed E-state index contributed by atoms with van der Waals surface area (Å²) < 4.78 is 0. The van der Waals surface area contributed by atoms with Gasteiger partial charge in [0.2, 0.25) is 0 Å². The van der Waals surface area contributed by atoms with Crippen LogP contribution < -0.4 is 5.73 Å². The maximum atomic E-state index is 6.02. The monoisotopic (exact) mass is 297 g/mol. The normalized spacial score (nSPS) is 18.5. The van der Waals surface area contributed by atoms with E-state index >= 15 is 0 Å². The van der Waals surface area contributed by atoms with Gasteiger partial charge in [0.15, 0.2) is 0 Å². The molecule has 2 unspecified atom stereocenters. The highest BCUT2D eigenvalue weighted by atomic mass is 32.2. The zero-order chi connectivity index (χ0) is 14.7. The van der Waals surface area contributed by atoms with Crippen LogP contribution in [-0.2, 0) is 12.8 Å². The van der Waals surface area contributed by atoms with Gasteiger partial charge in [-0.05, 0) is 55.8 Å². The van der Waals surface area contributed by atoms with Gasteiger partial charge in [0, 0.05) is 10.1 Å². The van der Waals surface area contributed by atoms with Crippen LogP contribution in [0.3, 0.4) is 0 Å². The second-order valence-corrected chi connectivity index (χ2v) is 7.42. The Morgan fingerprint density at radius 3 is 2.62 bits per heavy atom. The van der Waals surface area contributed by atoms with Crippen LogP contribution in [0, 0.1) is 12.8 Å². The minimum atomic E-state index is 0.583. The highest BCUT2D eigenvalue weighted by Crippen LogP contribution is 2.39. The van der Waals surface area contributed by atoms with Gasteiger partial charge in [-0.15, -0.1) is 11.8 Å². The molecule has 2 aromatic rings. The topological polar surface area (TPSA) is 26.0 Å². The van der Waals surface area contributed by atoms with E-state index in [1.165, 1.54) is 34.4 Å². The average molecular weight is 297 g/mol. The molecule has 110 valence electrons. The van der Waals surface area contributed by atoms with Gasteiger partial charge in [0.25, 0.3) is 0 Å². The molecule has 0 aliphatic carbocycles. The van der Waals surface area contributed by atoms with Gasteiger partial charge in [-0.25, -0.2) is 0 Å². The second kappa shape index (κ2) is 6.67. The summed E-state index contributed by atoms with van der Waals surface area (Å²) in [6.07, 6.45) is 3.51. The largest absolute Gasteiger partial charge is 0.330 e. The van der Waals surface area contributed by atoms with E-state index in [-0.39, 0.29) is 0 Å². The van der Waals surface area contributed by atoms with Crippen molar-refractivity contribution in [1.82, 2.24) is 0 Å². The van der Waals surface area contributed by atoms with Crippen molar-refractivity contribution >= 4 is 11.8 Å². The molecule has 2 aromatic carbocycles. The van der Waals surface area contributed by atoms with E-state index in [4.69, 9.17) is 5.73 Å². The van der Waals surface area contributed by atoms with E-state index in [0.717, 1.165) is 13.0 Å². The lowest BCUT2D eigenvalue weighted by molar-refractivity contribution is 0.485. The molecule has 2 N–H and O–H groups in total. The number of benzene rings is 2. The number of aryl methyl sites for hydroxylation is 1. The van der Waals surface area contributed by atoms with E-state index in [1.807, 2.05) is 11.8 Å². The van der Waals surface area contributed by atoms with Crippen LogP contribution in [0.5, 0.6) is 0 Å². The van der Waals surface area contributed by atoms with Gasteiger partial charge in [-0.2, -0.15) is 0 Å². The van der Waals surface area contributed by atoms with Crippen LogP contribution in [0.1, 0.15) is 23.1 Å². The van der Waals surface area contributed by atoms with E-state index in [2.05, 4.69) is 55.5 Å². The predicted octanol–water partition coefficient (Wildman–Crippen LogP) is 4.22. The average Bonchev–Trinajstić information content (AvgIpc) is 2.91. The van der Waals surface area contributed by atoms with E-state index in [9.17, 15) is 0 Å². The first kappa shape index (κ1) is 14.7. The molecule has 2 heteroatoms.